The van der Waals surface area contributed by atoms with E-state index in [9.17, 15) is 4.79 Å². The van der Waals surface area contributed by atoms with Crippen LogP contribution in [-0.2, 0) is 22.5 Å². The summed E-state index contributed by atoms with van der Waals surface area (Å²) in [5.41, 5.74) is 2.22. The minimum absolute atomic E-state index is 0.00934. The van der Waals surface area contributed by atoms with Gasteiger partial charge in [-0.05, 0) is 31.4 Å². The topological polar surface area (TPSA) is 63.2 Å². The van der Waals surface area contributed by atoms with Crippen LogP contribution in [0.4, 0.5) is 0 Å². The molecule has 0 radical (unpaired) electrons. The largest absolute Gasteiger partial charge is 0.385 e. The Morgan fingerprint density at radius 3 is 3.00 bits per heavy atom. The SMILES string of the molecule is CCc1cccnc1CNC(C)C(=O)NCCCOC. The maximum atomic E-state index is 11.8. The summed E-state index contributed by atoms with van der Waals surface area (Å²) in [4.78, 5) is 16.2. The molecule has 1 aromatic heterocycles. The summed E-state index contributed by atoms with van der Waals surface area (Å²) in [5.74, 6) is 0.00934. The van der Waals surface area contributed by atoms with Crippen LogP contribution in [0, 0.1) is 0 Å². The van der Waals surface area contributed by atoms with Gasteiger partial charge in [-0.25, -0.2) is 0 Å². The molecule has 0 aliphatic carbocycles. The fraction of sp³-hybridized carbons (Fsp3) is 0.600. The molecule has 0 bridgehead atoms. The van der Waals surface area contributed by atoms with E-state index in [2.05, 4.69) is 28.6 Å². The minimum atomic E-state index is -0.232. The zero-order chi connectivity index (χ0) is 14.8. The molecule has 0 fully saturated rings. The highest BCUT2D eigenvalue weighted by Gasteiger charge is 2.12. The zero-order valence-corrected chi connectivity index (χ0v) is 12.6. The van der Waals surface area contributed by atoms with Gasteiger partial charge in [0.05, 0.1) is 11.7 Å². The third-order valence-electron chi connectivity index (χ3n) is 3.16. The van der Waals surface area contributed by atoms with Gasteiger partial charge in [-0.3, -0.25) is 9.78 Å². The fourth-order valence-corrected chi connectivity index (χ4v) is 1.88. The molecule has 1 unspecified atom stereocenters. The summed E-state index contributed by atoms with van der Waals surface area (Å²) < 4.78 is 4.94. The lowest BCUT2D eigenvalue weighted by molar-refractivity contribution is -0.122. The number of rotatable bonds is 9. The highest BCUT2D eigenvalue weighted by molar-refractivity contribution is 5.81. The van der Waals surface area contributed by atoms with Crippen molar-refractivity contribution in [2.24, 2.45) is 0 Å². The Morgan fingerprint density at radius 1 is 1.50 bits per heavy atom. The second kappa shape index (κ2) is 9.44. The summed E-state index contributed by atoms with van der Waals surface area (Å²) >= 11 is 0. The lowest BCUT2D eigenvalue weighted by Crippen LogP contribution is -2.42. The average Bonchev–Trinajstić information content (AvgIpc) is 2.49. The number of carbonyl (C=O) groups is 1. The highest BCUT2D eigenvalue weighted by atomic mass is 16.5. The van der Waals surface area contributed by atoms with Gasteiger partial charge in [0.1, 0.15) is 0 Å². The van der Waals surface area contributed by atoms with E-state index in [0.717, 1.165) is 18.5 Å². The maximum Gasteiger partial charge on any atom is 0.236 e. The summed E-state index contributed by atoms with van der Waals surface area (Å²) in [6, 6.07) is 3.78. The van der Waals surface area contributed by atoms with Crippen LogP contribution in [0.2, 0.25) is 0 Å². The molecule has 0 aliphatic heterocycles. The second-order valence-corrected chi connectivity index (χ2v) is 4.70. The Kier molecular flexibility index (Phi) is 7.84. The van der Waals surface area contributed by atoms with E-state index >= 15 is 0 Å². The van der Waals surface area contributed by atoms with E-state index in [0.29, 0.717) is 19.7 Å². The third-order valence-corrected chi connectivity index (χ3v) is 3.16. The fourth-order valence-electron chi connectivity index (χ4n) is 1.88. The van der Waals surface area contributed by atoms with Crippen LogP contribution in [0.5, 0.6) is 0 Å². The number of hydrogen-bond acceptors (Lipinski definition) is 4. The summed E-state index contributed by atoms with van der Waals surface area (Å²) in [6.45, 7) is 5.88. The van der Waals surface area contributed by atoms with Crippen molar-refractivity contribution in [3.8, 4) is 0 Å². The number of hydrogen-bond donors (Lipinski definition) is 2. The zero-order valence-electron chi connectivity index (χ0n) is 12.6. The van der Waals surface area contributed by atoms with E-state index in [-0.39, 0.29) is 11.9 Å². The quantitative estimate of drug-likeness (QED) is 0.668. The van der Waals surface area contributed by atoms with Crippen LogP contribution in [0.25, 0.3) is 0 Å². The van der Waals surface area contributed by atoms with Crippen LogP contribution >= 0.6 is 0 Å². The minimum Gasteiger partial charge on any atom is -0.385 e. The number of amides is 1. The molecule has 1 aromatic rings. The number of nitrogens with zero attached hydrogens (tertiary/aromatic N) is 1. The Morgan fingerprint density at radius 2 is 2.30 bits per heavy atom. The smallest absolute Gasteiger partial charge is 0.236 e. The number of carbonyl (C=O) groups excluding carboxylic acids is 1. The standard InChI is InChI=1S/C15H25N3O2/c1-4-13-7-5-8-16-14(13)11-18-12(2)15(19)17-9-6-10-20-3/h5,7-8,12,18H,4,6,9-11H2,1-3H3,(H,17,19). The van der Waals surface area contributed by atoms with Crippen LogP contribution in [0.3, 0.4) is 0 Å². The number of methoxy groups -OCH3 is 1. The van der Waals surface area contributed by atoms with E-state index in [1.807, 2.05) is 13.0 Å². The first-order chi connectivity index (χ1) is 9.69. The highest BCUT2D eigenvalue weighted by Crippen LogP contribution is 2.05. The molecule has 1 atom stereocenters. The Labute approximate surface area is 121 Å². The molecule has 0 saturated heterocycles. The van der Waals surface area contributed by atoms with Gasteiger partial charge in [-0.2, -0.15) is 0 Å². The van der Waals surface area contributed by atoms with E-state index in [1.54, 1.807) is 13.3 Å². The van der Waals surface area contributed by atoms with Gasteiger partial charge in [-0.1, -0.05) is 13.0 Å². The first kappa shape index (κ1) is 16.6. The Hall–Kier alpha value is -1.46. The molecule has 1 heterocycles. The summed E-state index contributed by atoms with van der Waals surface area (Å²) in [6.07, 6.45) is 3.56. The average molecular weight is 279 g/mol. The molecule has 20 heavy (non-hydrogen) atoms. The Balaban J connectivity index is 2.34. The van der Waals surface area contributed by atoms with Crippen molar-refractivity contribution in [2.45, 2.75) is 39.3 Å². The molecule has 1 amide bonds. The first-order valence-corrected chi connectivity index (χ1v) is 7.11. The van der Waals surface area contributed by atoms with Gasteiger partial charge < -0.3 is 15.4 Å². The van der Waals surface area contributed by atoms with Crippen LogP contribution in [0.1, 0.15) is 31.5 Å². The van der Waals surface area contributed by atoms with Gasteiger partial charge >= 0.3 is 0 Å². The molecular formula is C15H25N3O2. The van der Waals surface area contributed by atoms with E-state index in [1.165, 1.54) is 5.56 Å². The molecule has 112 valence electrons. The van der Waals surface area contributed by atoms with Crippen LogP contribution in [0.15, 0.2) is 18.3 Å². The van der Waals surface area contributed by atoms with Crippen molar-refractivity contribution in [3.63, 3.8) is 0 Å². The van der Waals surface area contributed by atoms with Gasteiger partial charge in [0, 0.05) is 33.0 Å². The molecule has 1 rings (SSSR count). The van der Waals surface area contributed by atoms with Crippen molar-refractivity contribution in [1.82, 2.24) is 15.6 Å². The predicted molar refractivity (Wildman–Crippen MR) is 79.4 cm³/mol. The van der Waals surface area contributed by atoms with Crippen molar-refractivity contribution in [1.29, 1.82) is 0 Å². The van der Waals surface area contributed by atoms with Crippen molar-refractivity contribution >= 4 is 5.91 Å². The predicted octanol–water partition coefficient (Wildman–Crippen LogP) is 1.27. The second-order valence-electron chi connectivity index (χ2n) is 4.70. The molecular weight excluding hydrogens is 254 g/mol. The summed E-state index contributed by atoms with van der Waals surface area (Å²) in [5, 5.41) is 6.09. The van der Waals surface area contributed by atoms with Crippen molar-refractivity contribution < 1.29 is 9.53 Å². The van der Waals surface area contributed by atoms with Gasteiger partial charge in [0.15, 0.2) is 0 Å². The van der Waals surface area contributed by atoms with Gasteiger partial charge in [-0.15, -0.1) is 0 Å². The summed E-state index contributed by atoms with van der Waals surface area (Å²) in [7, 11) is 1.66. The molecule has 5 heteroatoms. The lowest BCUT2D eigenvalue weighted by atomic mass is 10.1. The number of aromatic nitrogens is 1. The Bertz CT molecular complexity index is 410. The number of pyridine rings is 1. The molecule has 0 saturated carbocycles. The van der Waals surface area contributed by atoms with Crippen molar-refractivity contribution in [3.05, 3.63) is 29.6 Å². The molecule has 2 N–H and O–H groups in total. The molecule has 0 spiro atoms. The van der Waals surface area contributed by atoms with Gasteiger partial charge in [0.25, 0.3) is 0 Å². The van der Waals surface area contributed by atoms with E-state index in [4.69, 9.17) is 4.74 Å². The monoisotopic (exact) mass is 279 g/mol. The normalized spacial score (nSPS) is 12.2. The molecule has 0 aliphatic rings. The van der Waals surface area contributed by atoms with Crippen LogP contribution < -0.4 is 10.6 Å². The van der Waals surface area contributed by atoms with Gasteiger partial charge in [0.2, 0.25) is 5.91 Å². The molecule has 0 aromatic carbocycles. The molecule has 5 nitrogen and oxygen atoms in total. The van der Waals surface area contributed by atoms with Crippen LogP contribution in [-0.4, -0.2) is 37.2 Å². The van der Waals surface area contributed by atoms with E-state index < -0.39 is 0 Å². The number of ether oxygens (including phenoxy) is 1. The lowest BCUT2D eigenvalue weighted by Gasteiger charge is -2.15. The maximum absolute atomic E-state index is 11.8. The first-order valence-electron chi connectivity index (χ1n) is 7.11. The van der Waals surface area contributed by atoms with Crippen molar-refractivity contribution in [2.75, 3.05) is 20.3 Å². The third kappa shape index (κ3) is 5.67. The number of nitrogens with one attached hydrogen (secondary N) is 2. The number of aryl methyl sites for hydroxylation is 1.